The zero-order chi connectivity index (χ0) is 12.5. The van der Waals surface area contributed by atoms with Gasteiger partial charge in [-0.25, -0.2) is 0 Å². The van der Waals surface area contributed by atoms with Crippen LogP contribution in [0.2, 0.25) is 0 Å². The smallest absolute Gasteiger partial charge is 0.0506 e. The Labute approximate surface area is 107 Å². The predicted molar refractivity (Wildman–Crippen MR) is 73.4 cm³/mol. The average Bonchev–Trinajstić information content (AvgIpc) is 2.35. The quantitative estimate of drug-likeness (QED) is 0.705. The summed E-state index contributed by atoms with van der Waals surface area (Å²) in [5, 5.41) is 3.54. The number of hydrogen-bond donors (Lipinski definition) is 1. The molecule has 1 saturated heterocycles. The Morgan fingerprint density at radius 3 is 2.94 bits per heavy atom. The van der Waals surface area contributed by atoms with Gasteiger partial charge in [-0.15, -0.1) is 0 Å². The molecule has 2 atom stereocenters. The summed E-state index contributed by atoms with van der Waals surface area (Å²) < 4.78 is 5.52. The summed E-state index contributed by atoms with van der Waals surface area (Å²) in [6, 6.07) is 0.639. The van der Waals surface area contributed by atoms with Gasteiger partial charge >= 0.3 is 0 Å². The molecule has 0 aromatic heterocycles. The lowest BCUT2D eigenvalue weighted by molar-refractivity contribution is 0.0417. The molecule has 1 aliphatic heterocycles. The molecule has 1 N–H and O–H groups in total. The van der Waals surface area contributed by atoms with Crippen molar-refractivity contribution in [1.82, 2.24) is 10.2 Å². The van der Waals surface area contributed by atoms with Crippen molar-refractivity contribution in [3.8, 4) is 0 Å². The average molecular weight is 242 g/mol. The summed E-state index contributed by atoms with van der Waals surface area (Å²) in [6.07, 6.45) is 5.05. The molecule has 0 aromatic carbocycles. The van der Waals surface area contributed by atoms with E-state index in [0.717, 1.165) is 25.7 Å². The molecular formula is C14H30N2O. The van der Waals surface area contributed by atoms with E-state index in [9.17, 15) is 0 Å². The summed E-state index contributed by atoms with van der Waals surface area (Å²) >= 11 is 0. The fourth-order valence-corrected chi connectivity index (χ4v) is 2.39. The molecule has 2 unspecified atom stereocenters. The van der Waals surface area contributed by atoms with Gasteiger partial charge in [0, 0.05) is 19.2 Å². The highest BCUT2D eigenvalue weighted by molar-refractivity contribution is 4.69. The number of hydrogen-bond acceptors (Lipinski definition) is 3. The second-order valence-corrected chi connectivity index (χ2v) is 5.49. The number of ether oxygens (including phenoxy) is 1. The number of rotatable bonds is 8. The Bertz CT molecular complexity index is 181. The lowest BCUT2D eigenvalue weighted by Crippen LogP contribution is -2.35. The molecule has 0 saturated carbocycles. The molecule has 1 heterocycles. The van der Waals surface area contributed by atoms with Gasteiger partial charge in [-0.2, -0.15) is 0 Å². The predicted octanol–water partition coefficient (Wildman–Crippen LogP) is 2.12. The highest BCUT2D eigenvalue weighted by Crippen LogP contribution is 2.14. The van der Waals surface area contributed by atoms with Gasteiger partial charge in [0.05, 0.1) is 6.61 Å². The van der Waals surface area contributed by atoms with E-state index < -0.39 is 0 Å². The lowest BCUT2D eigenvalue weighted by Gasteiger charge is -2.27. The molecule has 0 radical (unpaired) electrons. The Balaban J connectivity index is 2.05. The Hall–Kier alpha value is -0.120. The molecule has 17 heavy (non-hydrogen) atoms. The number of nitrogens with one attached hydrogen (secondary N) is 1. The van der Waals surface area contributed by atoms with Gasteiger partial charge in [-0.1, -0.05) is 6.92 Å². The van der Waals surface area contributed by atoms with Crippen LogP contribution in [0.25, 0.3) is 0 Å². The van der Waals surface area contributed by atoms with Crippen molar-refractivity contribution in [3.63, 3.8) is 0 Å². The summed E-state index contributed by atoms with van der Waals surface area (Å²) in [6.45, 7) is 9.96. The summed E-state index contributed by atoms with van der Waals surface area (Å²) in [4.78, 5) is 2.46. The maximum Gasteiger partial charge on any atom is 0.0506 e. The summed E-state index contributed by atoms with van der Waals surface area (Å²) in [7, 11) is 2.24. The zero-order valence-electron chi connectivity index (χ0n) is 11.9. The van der Waals surface area contributed by atoms with Crippen LogP contribution in [0, 0.1) is 5.92 Å². The minimum Gasteiger partial charge on any atom is -0.381 e. The molecule has 102 valence electrons. The summed E-state index contributed by atoms with van der Waals surface area (Å²) in [5.74, 6) is 0.757. The first kappa shape index (κ1) is 14.9. The van der Waals surface area contributed by atoms with Crippen LogP contribution in [0.3, 0.4) is 0 Å². The van der Waals surface area contributed by atoms with E-state index in [2.05, 4.69) is 31.1 Å². The molecule has 0 aromatic rings. The van der Waals surface area contributed by atoms with Gasteiger partial charge in [-0.05, 0) is 58.7 Å². The van der Waals surface area contributed by atoms with Crippen molar-refractivity contribution in [2.75, 3.05) is 39.9 Å². The molecular weight excluding hydrogens is 212 g/mol. The Morgan fingerprint density at radius 1 is 1.47 bits per heavy atom. The van der Waals surface area contributed by atoms with Gasteiger partial charge in [0.25, 0.3) is 0 Å². The van der Waals surface area contributed by atoms with E-state index in [4.69, 9.17) is 4.74 Å². The third-order valence-corrected chi connectivity index (χ3v) is 3.51. The van der Waals surface area contributed by atoms with Crippen molar-refractivity contribution in [2.45, 2.75) is 45.6 Å². The molecule has 0 aliphatic carbocycles. The van der Waals surface area contributed by atoms with Crippen molar-refractivity contribution in [2.24, 2.45) is 5.92 Å². The van der Waals surface area contributed by atoms with Crippen LogP contribution >= 0.6 is 0 Å². The monoisotopic (exact) mass is 242 g/mol. The van der Waals surface area contributed by atoms with E-state index in [1.54, 1.807) is 0 Å². The SMILES string of the molecule is CCCNC(C)CCN(C)CC1CCCOC1. The van der Waals surface area contributed by atoms with Gasteiger partial charge in [-0.3, -0.25) is 0 Å². The van der Waals surface area contributed by atoms with Crippen LogP contribution in [0.1, 0.15) is 39.5 Å². The topological polar surface area (TPSA) is 24.5 Å². The van der Waals surface area contributed by atoms with Gasteiger partial charge in [0.2, 0.25) is 0 Å². The minimum atomic E-state index is 0.639. The molecule has 3 heteroatoms. The highest BCUT2D eigenvalue weighted by atomic mass is 16.5. The van der Waals surface area contributed by atoms with Crippen LogP contribution in [-0.2, 0) is 4.74 Å². The van der Waals surface area contributed by atoms with E-state index in [0.29, 0.717) is 6.04 Å². The maximum absolute atomic E-state index is 5.52. The summed E-state index contributed by atoms with van der Waals surface area (Å²) in [5.41, 5.74) is 0. The standard InChI is InChI=1S/C14H30N2O/c1-4-8-15-13(2)7-9-16(3)11-14-6-5-10-17-12-14/h13-15H,4-12H2,1-3H3. The van der Waals surface area contributed by atoms with Crippen molar-refractivity contribution in [3.05, 3.63) is 0 Å². The first-order valence-electron chi connectivity index (χ1n) is 7.22. The second kappa shape index (κ2) is 8.90. The van der Waals surface area contributed by atoms with Crippen LogP contribution in [-0.4, -0.2) is 50.8 Å². The van der Waals surface area contributed by atoms with Crippen molar-refractivity contribution in [1.29, 1.82) is 0 Å². The van der Waals surface area contributed by atoms with E-state index in [1.165, 1.54) is 38.8 Å². The Morgan fingerprint density at radius 2 is 2.29 bits per heavy atom. The van der Waals surface area contributed by atoms with Crippen molar-refractivity contribution >= 4 is 0 Å². The first-order valence-corrected chi connectivity index (χ1v) is 7.22. The first-order chi connectivity index (χ1) is 8.22. The van der Waals surface area contributed by atoms with E-state index in [-0.39, 0.29) is 0 Å². The largest absolute Gasteiger partial charge is 0.381 e. The van der Waals surface area contributed by atoms with Crippen LogP contribution in [0.15, 0.2) is 0 Å². The Kier molecular flexibility index (Phi) is 7.82. The van der Waals surface area contributed by atoms with Crippen LogP contribution in [0.4, 0.5) is 0 Å². The second-order valence-electron chi connectivity index (χ2n) is 5.49. The molecule has 1 rings (SSSR count). The molecule has 1 fully saturated rings. The van der Waals surface area contributed by atoms with Crippen molar-refractivity contribution < 1.29 is 4.74 Å². The van der Waals surface area contributed by atoms with Gasteiger partial charge in [0.15, 0.2) is 0 Å². The fraction of sp³-hybridized carbons (Fsp3) is 1.00. The van der Waals surface area contributed by atoms with Crippen LogP contribution < -0.4 is 5.32 Å². The highest BCUT2D eigenvalue weighted by Gasteiger charge is 2.15. The maximum atomic E-state index is 5.52. The van der Waals surface area contributed by atoms with Gasteiger partial charge in [0.1, 0.15) is 0 Å². The molecule has 3 nitrogen and oxygen atoms in total. The molecule has 0 bridgehead atoms. The third kappa shape index (κ3) is 7.02. The zero-order valence-corrected chi connectivity index (χ0v) is 11.9. The van der Waals surface area contributed by atoms with Gasteiger partial charge < -0.3 is 15.0 Å². The van der Waals surface area contributed by atoms with Crippen LogP contribution in [0.5, 0.6) is 0 Å². The fourth-order valence-electron chi connectivity index (χ4n) is 2.39. The lowest BCUT2D eigenvalue weighted by atomic mass is 10.0. The number of nitrogens with zero attached hydrogens (tertiary/aromatic N) is 1. The normalized spacial score (nSPS) is 22.9. The molecule has 0 amide bonds. The van der Waals surface area contributed by atoms with E-state index in [1.807, 2.05) is 0 Å². The molecule has 1 aliphatic rings. The minimum absolute atomic E-state index is 0.639. The van der Waals surface area contributed by atoms with E-state index >= 15 is 0 Å². The third-order valence-electron chi connectivity index (χ3n) is 3.51. The molecule has 0 spiro atoms.